The van der Waals surface area contributed by atoms with Gasteiger partial charge in [0.1, 0.15) is 0 Å². The summed E-state index contributed by atoms with van der Waals surface area (Å²) in [6.07, 6.45) is 3.31. The van der Waals surface area contributed by atoms with E-state index in [0.717, 1.165) is 12.8 Å². The largest absolute Gasteiger partial charge is 0.333 e. The molecule has 0 spiro atoms. The summed E-state index contributed by atoms with van der Waals surface area (Å²) in [5.74, 6) is 0.415. The van der Waals surface area contributed by atoms with Crippen LogP contribution in [0.3, 0.4) is 0 Å². The van der Waals surface area contributed by atoms with Crippen LogP contribution in [0.15, 0.2) is 0 Å². The van der Waals surface area contributed by atoms with E-state index in [9.17, 15) is 8.42 Å². The van der Waals surface area contributed by atoms with Crippen LogP contribution in [0.1, 0.15) is 19.3 Å². The van der Waals surface area contributed by atoms with E-state index < -0.39 is 10.3 Å². The molecule has 60 valence electrons. The maximum atomic E-state index is 10.2. The zero-order valence-corrected chi connectivity index (χ0v) is 6.43. The first-order valence-electron chi connectivity index (χ1n) is 3.25. The summed E-state index contributed by atoms with van der Waals surface area (Å²) in [6.45, 7) is 0.263. The van der Waals surface area contributed by atoms with Crippen molar-refractivity contribution in [2.45, 2.75) is 19.3 Å². The third-order valence-electron chi connectivity index (χ3n) is 1.69. The molecule has 0 aromatic rings. The van der Waals surface area contributed by atoms with Gasteiger partial charge < -0.3 is 0 Å². The molecule has 0 heterocycles. The van der Waals surface area contributed by atoms with Crippen LogP contribution in [0, 0.1) is 5.92 Å². The second-order valence-electron chi connectivity index (χ2n) is 2.57. The maximum absolute atomic E-state index is 10.2. The molecule has 0 aromatic carbocycles. The van der Waals surface area contributed by atoms with Crippen LogP contribution in [0.5, 0.6) is 0 Å². The van der Waals surface area contributed by atoms with Gasteiger partial charge in [0.25, 0.3) is 0 Å². The zero-order chi connectivity index (χ0) is 7.61. The number of hydrogen-bond donors (Lipinski definition) is 1. The Morgan fingerprint density at radius 1 is 1.50 bits per heavy atom. The van der Waals surface area contributed by atoms with E-state index in [-0.39, 0.29) is 6.61 Å². The smallest absolute Gasteiger partial charge is 0.258 e. The van der Waals surface area contributed by atoms with Crippen molar-refractivity contribution < 1.29 is 12.6 Å². The molecule has 0 aromatic heterocycles. The first-order chi connectivity index (χ1) is 4.58. The van der Waals surface area contributed by atoms with Crippen molar-refractivity contribution in [3.63, 3.8) is 0 Å². The third kappa shape index (κ3) is 2.64. The molecule has 1 fully saturated rings. The van der Waals surface area contributed by atoms with Crippen molar-refractivity contribution in [3.8, 4) is 0 Å². The molecular formula is C5H11NO3S. The Hall–Kier alpha value is -0.130. The Bertz CT molecular complexity index is 195. The predicted octanol–water partition coefficient (Wildman–Crippen LogP) is 0.00660. The van der Waals surface area contributed by atoms with Crippen LogP contribution in [0.2, 0.25) is 0 Å². The number of rotatable bonds is 3. The molecule has 0 aliphatic heterocycles. The molecule has 4 nitrogen and oxygen atoms in total. The van der Waals surface area contributed by atoms with Gasteiger partial charge in [-0.25, -0.2) is 5.14 Å². The molecule has 2 N–H and O–H groups in total. The molecule has 0 bridgehead atoms. The van der Waals surface area contributed by atoms with Gasteiger partial charge in [-0.1, -0.05) is 6.42 Å². The molecule has 0 atom stereocenters. The average Bonchev–Trinajstić information content (AvgIpc) is 1.56. The first-order valence-corrected chi connectivity index (χ1v) is 4.72. The van der Waals surface area contributed by atoms with E-state index in [2.05, 4.69) is 9.32 Å². The molecule has 0 saturated heterocycles. The van der Waals surface area contributed by atoms with Gasteiger partial charge in [0, 0.05) is 0 Å². The zero-order valence-electron chi connectivity index (χ0n) is 5.62. The Morgan fingerprint density at radius 2 is 2.10 bits per heavy atom. The Kier molecular flexibility index (Phi) is 2.28. The third-order valence-corrected chi connectivity index (χ3v) is 2.16. The lowest BCUT2D eigenvalue weighted by molar-refractivity contribution is 0.185. The van der Waals surface area contributed by atoms with Crippen LogP contribution in [-0.4, -0.2) is 15.0 Å². The van der Waals surface area contributed by atoms with Gasteiger partial charge in [0.15, 0.2) is 0 Å². The SMILES string of the molecule is NS(=O)(=O)OCC1CCC1. The highest BCUT2D eigenvalue weighted by atomic mass is 32.2. The molecule has 10 heavy (non-hydrogen) atoms. The fourth-order valence-electron chi connectivity index (χ4n) is 0.851. The van der Waals surface area contributed by atoms with Gasteiger partial charge in [-0.2, -0.15) is 8.42 Å². The van der Waals surface area contributed by atoms with E-state index in [0.29, 0.717) is 5.92 Å². The lowest BCUT2D eigenvalue weighted by atomic mass is 9.86. The summed E-state index contributed by atoms with van der Waals surface area (Å²) in [5.41, 5.74) is 0. The van der Waals surface area contributed by atoms with Gasteiger partial charge in [-0.15, -0.1) is 0 Å². The summed E-state index contributed by atoms with van der Waals surface area (Å²) in [7, 11) is -3.70. The molecule has 1 aliphatic carbocycles. The Morgan fingerprint density at radius 3 is 2.40 bits per heavy atom. The van der Waals surface area contributed by atoms with Gasteiger partial charge in [0.2, 0.25) is 0 Å². The summed E-state index contributed by atoms with van der Waals surface area (Å²) in [5, 5.41) is 4.61. The fraction of sp³-hybridized carbons (Fsp3) is 1.00. The lowest BCUT2D eigenvalue weighted by Crippen LogP contribution is -2.23. The fourth-order valence-corrected chi connectivity index (χ4v) is 1.23. The molecule has 0 amide bonds. The minimum atomic E-state index is -3.70. The number of nitrogens with two attached hydrogens (primary N) is 1. The van der Waals surface area contributed by atoms with Crippen molar-refractivity contribution >= 4 is 10.3 Å². The van der Waals surface area contributed by atoms with E-state index in [1.807, 2.05) is 0 Å². The summed E-state index contributed by atoms with van der Waals surface area (Å²) >= 11 is 0. The highest BCUT2D eigenvalue weighted by Gasteiger charge is 2.19. The number of hydrogen-bond acceptors (Lipinski definition) is 3. The van der Waals surface area contributed by atoms with Crippen LogP contribution in [0.4, 0.5) is 0 Å². The molecule has 1 rings (SSSR count). The molecule has 1 aliphatic rings. The normalized spacial score (nSPS) is 20.5. The van der Waals surface area contributed by atoms with Crippen molar-refractivity contribution in [1.29, 1.82) is 0 Å². The van der Waals surface area contributed by atoms with E-state index in [4.69, 9.17) is 0 Å². The van der Waals surface area contributed by atoms with Crippen LogP contribution >= 0.6 is 0 Å². The average molecular weight is 165 g/mol. The summed E-state index contributed by atoms with van der Waals surface area (Å²) in [6, 6.07) is 0. The highest BCUT2D eigenvalue weighted by molar-refractivity contribution is 7.84. The second-order valence-corrected chi connectivity index (χ2v) is 3.80. The minimum Gasteiger partial charge on any atom is -0.258 e. The first kappa shape index (κ1) is 7.97. The lowest BCUT2D eigenvalue weighted by Gasteiger charge is -2.23. The summed E-state index contributed by atoms with van der Waals surface area (Å²) in [4.78, 5) is 0. The van der Waals surface area contributed by atoms with Crippen LogP contribution in [-0.2, 0) is 14.5 Å². The maximum Gasteiger partial charge on any atom is 0.333 e. The molecule has 5 heteroatoms. The van der Waals surface area contributed by atoms with Crippen LogP contribution in [0.25, 0.3) is 0 Å². The van der Waals surface area contributed by atoms with E-state index in [1.165, 1.54) is 6.42 Å². The predicted molar refractivity (Wildman–Crippen MR) is 36.4 cm³/mol. The Labute approximate surface area is 60.6 Å². The van der Waals surface area contributed by atoms with E-state index in [1.54, 1.807) is 0 Å². The minimum absolute atomic E-state index is 0.263. The van der Waals surface area contributed by atoms with Crippen molar-refractivity contribution in [2.24, 2.45) is 11.1 Å². The quantitative estimate of drug-likeness (QED) is 0.640. The molecule has 1 saturated carbocycles. The van der Waals surface area contributed by atoms with Gasteiger partial charge in [0.05, 0.1) is 6.61 Å². The standard InChI is InChI=1S/C5H11NO3S/c6-10(7,8)9-4-5-2-1-3-5/h5H,1-4H2,(H2,6,7,8). The van der Waals surface area contributed by atoms with E-state index >= 15 is 0 Å². The van der Waals surface area contributed by atoms with Crippen molar-refractivity contribution in [2.75, 3.05) is 6.61 Å². The van der Waals surface area contributed by atoms with Crippen LogP contribution < -0.4 is 5.14 Å². The highest BCUT2D eigenvalue weighted by Crippen LogP contribution is 2.26. The van der Waals surface area contributed by atoms with Gasteiger partial charge >= 0.3 is 10.3 Å². The van der Waals surface area contributed by atoms with Crippen molar-refractivity contribution in [1.82, 2.24) is 0 Å². The molecule has 0 unspecified atom stereocenters. The Balaban J connectivity index is 2.16. The van der Waals surface area contributed by atoms with Gasteiger partial charge in [-0.3, -0.25) is 4.18 Å². The topological polar surface area (TPSA) is 69.4 Å². The van der Waals surface area contributed by atoms with Crippen molar-refractivity contribution in [3.05, 3.63) is 0 Å². The molecule has 0 radical (unpaired) electrons. The summed E-state index contributed by atoms with van der Waals surface area (Å²) < 4.78 is 24.8. The molecular weight excluding hydrogens is 154 g/mol. The van der Waals surface area contributed by atoms with Gasteiger partial charge in [-0.05, 0) is 18.8 Å². The second kappa shape index (κ2) is 2.86. The monoisotopic (exact) mass is 165 g/mol.